The molecule has 0 spiro atoms. The normalized spacial score (nSPS) is 14.9. The van der Waals surface area contributed by atoms with Crippen molar-refractivity contribution in [3.05, 3.63) is 47.3 Å². The molecule has 0 aliphatic carbocycles. The molecule has 3 rings (SSSR count). The Balaban J connectivity index is 2.10. The van der Waals surface area contributed by atoms with Gasteiger partial charge in [-0.1, -0.05) is 18.2 Å². The van der Waals surface area contributed by atoms with Crippen LogP contribution in [0.4, 0.5) is 13.2 Å². The van der Waals surface area contributed by atoms with Crippen molar-refractivity contribution in [3.8, 4) is 11.4 Å². The average molecular weight is 279 g/mol. The van der Waals surface area contributed by atoms with Gasteiger partial charge in [-0.15, -0.1) is 0 Å². The predicted octanol–water partition coefficient (Wildman–Crippen LogP) is 2.81. The highest BCUT2D eigenvalue weighted by Gasteiger charge is 2.33. The van der Waals surface area contributed by atoms with Crippen molar-refractivity contribution in [2.75, 3.05) is 6.54 Å². The van der Waals surface area contributed by atoms with Gasteiger partial charge in [-0.25, -0.2) is 9.97 Å². The standard InChI is InChI=1S/C14H12F3N3/c15-14(16,17)12-5-7-19-13(20-12)11-3-1-2-9-8-18-6-4-10(9)11/h1-3,5,7,18H,4,6,8H2. The zero-order valence-corrected chi connectivity index (χ0v) is 10.5. The minimum Gasteiger partial charge on any atom is -0.312 e. The van der Waals surface area contributed by atoms with Crippen LogP contribution in [-0.2, 0) is 19.1 Å². The quantitative estimate of drug-likeness (QED) is 0.872. The summed E-state index contributed by atoms with van der Waals surface area (Å²) in [6, 6.07) is 6.46. The van der Waals surface area contributed by atoms with Crippen LogP contribution in [0.5, 0.6) is 0 Å². The number of rotatable bonds is 1. The number of nitrogens with one attached hydrogen (secondary N) is 1. The fourth-order valence-electron chi connectivity index (χ4n) is 2.39. The second kappa shape index (κ2) is 4.86. The summed E-state index contributed by atoms with van der Waals surface area (Å²) in [7, 11) is 0. The molecule has 2 aromatic rings. The zero-order chi connectivity index (χ0) is 14.2. The van der Waals surface area contributed by atoms with Crippen molar-refractivity contribution in [1.29, 1.82) is 0 Å². The molecule has 20 heavy (non-hydrogen) atoms. The summed E-state index contributed by atoms with van der Waals surface area (Å²) in [5, 5.41) is 3.23. The topological polar surface area (TPSA) is 37.8 Å². The highest BCUT2D eigenvalue weighted by molar-refractivity contribution is 5.63. The molecule has 104 valence electrons. The van der Waals surface area contributed by atoms with Crippen LogP contribution >= 0.6 is 0 Å². The largest absolute Gasteiger partial charge is 0.433 e. The molecule has 0 saturated carbocycles. The van der Waals surface area contributed by atoms with Crippen molar-refractivity contribution in [2.24, 2.45) is 0 Å². The van der Waals surface area contributed by atoms with Crippen LogP contribution in [0, 0.1) is 0 Å². The first kappa shape index (κ1) is 13.1. The van der Waals surface area contributed by atoms with Crippen molar-refractivity contribution < 1.29 is 13.2 Å². The van der Waals surface area contributed by atoms with Crippen LogP contribution < -0.4 is 5.32 Å². The number of benzene rings is 1. The number of aromatic nitrogens is 2. The molecule has 6 heteroatoms. The van der Waals surface area contributed by atoms with Gasteiger partial charge < -0.3 is 5.32 Å². The molecule has 0 radical (unpaired) electrons. The summed E-state index contributed by atoms with van der Waals surface area (Å²) < 4.78 is 38.2. The fourth-order valence-corrected chi connectivity index (χ4v) is 2.39. The summed E-state index contributed by atoms with van der Waals surface area (Å²) in [5.41, 5.74) is 1.91. The SMILES string of the molecule is FC(F)(F)c1ccnc(-c2cccc3c2CCNC3)n1. The molecule has 2 heterocycles. The molecule has 1 aliphatic rings. The molecule has 1 aromatic carbocycles. The monoisotopic (exact) mass is 279 g/mol. The van der Waals surface area contributed by atoms with E-state index in [1.165, 1.54) is 0 Å². The molecule has 0 saturated heterocycles. The lowest BCUT2D eigenvalue weighted by Crippen LogP contribution is -2.24. The Morgan fingerprint density at radius 1 is 1.15 bits per heavy atom. The second-order valence-corrected chi connectivity index (χ2v) is 4.63. The molecule has 1 aliphatic heterocycles. The van der Waals surface area contributed by atoms with E-state index in [9.17, 15) is 13.2 Å². The lowest BCUT2D eigenvalue weighted by molar-refractivity contribution is -0.141. The third-order valence-electron chi connectivity index (χ3n) is 3.33. The summed E-state index contributed by atoms with van der Waals surface area (Å²) in [6.07, 6.45) is -2.52. The zero-order valence-electron chi connectivity index (χ0n) is 10.5. The first-order chi connectivity index (χ1) is 9.55. The number of hydrogen-bond donors (Lipinski definition) is 1. The molecule has 0 bridgehead atoms. The molecule has 0 amide bonds. The van der Waals surface area contributed by atoms with Crippen molar-refractivity contribution >= 4 is 0 Å². The van der Waals surface area contributed by atoms with E-state index in [2.05, 4.69) is 15.3 Å². The maximum atomic E-state index is 12.7. The summed E-state index contributed by atoms with van der Waals surface area (Å²) in [6.45, 7) is 1.53. The first-order valence-electron chi connectivity index (χ1n) is 6.28. The van der Waals surface area contributed by atoms with E-state index in [0.29, 0.717) is 5.56 Å². The Morgan fingerprint density at radius 2 is 2.00 bits per heavy atom. The summed E-state index contributed by atoms with van der Waals surface area (Å²) in [4.78, 5) is 7.67. The Kier molecular flexibility index (Phi) is 3.17. The number of nitrogens with zero attached hydrogens (tertiary/aromatic N) is 2. The van der Waals surface area contributed by atoms with Gasteiger partial charge in [0, 0.05) is 18.3 Å². The highest BCUT2D eigenvalue weighted by Crippen LogP contribution is 2.30. The Morgan fingerprint density at radius 3 is 2.80 bits per heavy atom. The van der Waals surface area contributed by atoms with Gasteiger partial charge in [0.1, 0.15) is 5.69 Å². The van der Waals surface area contributed by atoms with Gasteiger partial charge in [0.25, 0.3) is 0 Å². The van der Waals surface area contributed by atoms with E-state index in [1.807, 2.05) is 12.1 Å². The van der Waals surface area contributed by atoms with Gasteiger partial charge >= 0.3 is 6.18 Å². The fraction of sp³-hybridized carbons (Fsp3) is 0.286. The van der Waals surface area contributed by atoms with Crippen molar-refractivity contribution in [1.82, 2.24) is 15.3 Å². The van der Waals surface area contributed by atoms with Crippen LogP contribution in [0.25, 0.3) is 11.4 Å². The Hall–Kier alpha value is -1.95. The Bertz CT molecular complexity index is 638. The van der Waals surface area contributed by atoms with E-state index in [1.54, 1.807) is 6.07 Å². The van der Waals surface area contributed by atoms with E-state index in [0.717, 1.165) is 42.9 Å². The lowest BCUT2D eigenvalue weighted by atomic mass is 9.95. The van der Waals surface area contributed by atoms with Crippen LogP contribution in [0.15, 0.2) is 30.5 Å². The van der Waals surface area contributed by atoms with Crippen LogP contribution in [-0.4, -0.2) is 16.5 Å². The van der Waals surface area contributed by atoms with E-state index >= 15 is 0 Å². The van der Waals surface area contributed by atoms with Gasteiger partial charge in [0.2, 0.25) is 0 Å². The average Bonchev–Trinajstić information content (AvgIpc) is 2.46. The first-order valence-corrected chi connectivity index (χ1v) is 6.28. The van der Waals surface area contributed by atoms with Crippen LogP contribution in [0.2, 0.25) is 0 Å². The minimum atomic E-state index is -4.45. The van der Waals surface area contributed by atoms with E-state index in [-0.39, 0.29) is 5.82 Å². The molecule has 0 unspecified atom stereocenters. The number of alkyl halides is 3. The van der Waals surface area contributed by atoms with Gasteiger partial charge in [0.05, 0.1) is 0 Å². The summed E-state index contributed by atoms with van der Waals surface area (Å²) >= 11 is 0. The third kappa shape index (κ3) is 2.38. The lowest BCUT2D eigenvalue weighted by Gasteiger charge is -2.19. The molecule has 0 atom stereocenters. The molecule has 3 nitrogen and oxygen atoms in total. The summed E-state index contributed by atoms with van der Waals surface area (Å²) in [5.74, 6) is 0.138. The van der Waals surface area contributed by atoms with E-state index in [4.69, 9.17) is 0 Å². The number of fused-ring (bicyclic) bond motifs is 1. The van der Waals surface area contributed by atoms with Gasteiger partial charge in [-0.3, -0.25) is 0 Å². The van der Waals surface area contributed by atoms with Gasteiger partial charge in [0.15, 0.2) is 5.82 Å². The van der Waals surface area contributed by atoms with Gasteiger partial charge in [-0.05, 0) is 30.2 Å². The minimum absolute atomic E-state index is 0.138. The van der Waals surface area contributed by atoms with Crippen LogP contribution in [0.1, 0.15) is 16.8 Å². The number of halogens is 3. The highest BCUT2D eigenvalue weighted by atomic mass is 19.4. The van der Waals surface area contributed by atoms with Crippen molar-refractivity contribution in [3.63, 3.8) is 0 Å². The maximum absolute atomic E-state index is 12.7. The predicted molar refractivity (Wildman–Crippen MR) is 67.9 cm³/mol. The second-order valence-electron chi connectivity index (χ2n) is 4.63. The van der Waals surface area contributed by atoms with E-state index < -0.39 is 11.9 Å². The molecular weight excluding hydrogens is 267 g/mol. The molecular formula is C14H12F3N3. The maximum Gasteiger partial charge on any atom is 0.433 e. The van der Waals surface area contributed by atoms with Crippen LogP contribution in [0.3, 0.4) is 0 Å². The molecule has 1 N–H and O–H groups in total. The smallest absolute Gasteiger partial charge is 0.312 e. The van der Waals surface area contributed by atoms with Crippen molar-refractivity contribution in [2.45, 2.75) is 19.1 Å². The third-order valence-corrected chi connectivity index (χ3v) is 3.33. The number of hydrogen-bond acceptors (Lipinski definition) is 3. The molecule has 0 fully saturated rings. The Labute approximate surface area is 113 Å². The van der Waals surface area contributed by atoms with Gasteiger partial charge in [-0.2, -0.15) is 13.2 Å². The molecule has 1 aromatic heterocycles.